The number of benzene rings is 2. The number of para-hydroxylation sites is 1. The van der Waals surface area contributed by atoms with Crippen molar-refractivity contribution < 1.29 is 14.3 Å². The van der Waals surface area contributed by atoms with E-state index < -0.39 is 12.1 Å². The number of nitrogens with one attached hydrogen (secondary N) is 1. The van der Waals surface area contributed by atoms with Crippen LogP contribution in [-0.4, -0.2) is 18.0 Å². The van der Waals surface area contributed by atoms with E-state index >= 15 is 0 Å². The van der Waals surface area contributed by atoms with Gasteiger partial charge < -0.3 is 10.1 Å². The van der Waals surface area contributed by atoms with Crippen molar-refractivity contribution >= 4 is 29.2 Å². The molecule has 0 aliphatic rings. The van der Waals surface area contributed by atoms with Crippen molar-refractivity contribution in [2.45, 2.75) is 39.7 Å². The zero-order chi connectivity index (χ0) is 18.4. The molecule has 1 atom stereocenters. The monoisotopic (exact) mass is 359 g/mol. The van der Waals surface area contributed by atoms with Crippen LogP contribution < -0.4 is 5.32 Å². The molecule has 0 aromatic heterocycles. The van der Waals surface area contributed by atoms with E-state index in [1.807, 2.05) is 32.0 Å². The minimum absolute atomic E-state index is 0.315. The number of carbonyl (C=O) groups excluding carboxylic acids is 2. The maximum absolute atomic E-state index is 12.5. The largest absolute Gasteiger partial charge is 0.449 e. The van der Waals surface area contributed by atoms with E-state index in [0.717, 1.165) is 29.7 Å². The summed E-state index contributed by atoms with van der Waals surface area (Å²) in [5.41, 5.74) is 3.24. The molecule has 0 aliphatic heterocycles. The highest BCUT2D eigenvalue weighted by Gasteiger charge is 2.20. The molecule has 0 radical (unpaired) electrons. The summed E-state index contributed by atoms with van der Waals surface area (Å²) in [6, 6.07) is 12.4. The Kier molecular flexibility index (Phi) is 6.59. The molecule has 2 rings (SSSR count). The van der Waals surface area contributed by atoms with E-state index in [0.29, 0.717) is 10.6 Å². The number of hydrogen-bond acceptors (Lipinski definition) is 3. The van der Waals surface area contributed by atoms with Gasteiger partial charge in [0.1, 0.15) is 0 Å². The fourth-order valence-electron chi connectivity index (χ4n) is 2.53. The Hall–Kier alpha value is -2.33. The fraction of sp³-hybridized carbons (Fsp3) is 0.300. The lowest BCUT2D eigenvalue weighted by Gasteiger charge is -2.18. The van der Waals surface area contributed by atoms with E-state index in [9.17, 15) is 9.59 Å². The smallest absolute Gasteiger partial charge is 0.338 e. The third kappa shape index (κ3) is 4.83. The summed E-state index contributed by atoms with van der Waals surface area (Å²) in [5, 5.41) is 3.35. The molecular formula is C20H22ClNO3. The summed E-state index contributed by atoms with van der Waals surface area (Å²) in [5.74, 6) is -0.935. The van der Waals surface area contributed by atoms with Crippen LogP contribution in [0.2, 0.25) is 5.02 Å². The molecule has 5 heteroatoms. The van der Waals surface area contributed by atoms with Crippen LogP contribution >= 0.6 is 11.6 Å². The zero-order valence-corrected chi connectivity index (χ0v) is 15.4. The van der Waals surface area contributed by atoms with E-state index in [1.165, 1.54) is 6.07 Å². The number of hydrogen-bond donors (Lipinski definition) is 1. The lowest BCUT2D eigenvalue weighted by atomic mass is 10.0. The van der Waals surface area contributed by atoms with Crippen molar-refractivity contribution in [3.63, 3.8) is 0 Å². The molecule has 0 heterocycles. The second kappa shape index (κ2) is 8.67. The zero-order valence-electron chi connectivity index (χ0n) is 14.6. The molecule has 2 aromatic rings. The maximum Gasteiger partial charge on any atom is 0.338 e. The first kappa shape index (κ1) is 19.0. The van der Waals surface area contributed by atoms with Crippen LogP contribution in [0, 0.1) is 0 Å². The topological polar surface area (TPSA) is 55.4 Å². The van der Waals surface area contributed by atoms with Crippen LogP contribution in [-0.2, 0) is 22.4 Å². The van der Waals surface area contributed by atoms with Gasteiger partial charge in [0.05, 0.1) is 5.56 Å². The van der Waals surface area contributed by atoms with Crippen LogP contribution in [0.5, 0.6) is 0 Å². The van der Waals surface area contributed by atoms with Gasteiger partial charge in [0.25, 0.3) is 5.91 Å². The quantitative estimate of drug-likeness (QED) is 0.764. The Balaban J connectivity index is 2.10. The number of halogens is 1. The lowest BCUT2D eigenvalue weighted by Crippen LogP contribution is -2.30. The first-order valence-corrected chi connectivity index (χ1v) is 8.72. The third-order valence-electron chi connectivity index (χ3n) is 3.96. The number of ether oxygens (including phenoxy) is 1. The molecule has 1 amide bonds. The molecule has 0 aliphatic carbocycles. The highest BCUT2D eigenvalue weighted by atomic mass is 35.5. The molecule has 132 valence electrons. The van der Waals surface area contributed by atoms with Crippen molar-refractivity contribution in [3.8, 4) is 0 Å². The summed E-state index contributed by atoms with van der Waals surface area (Å²) in [6.45, 7) is 5.62. The minimum atomic E-state index is -0.916. The molecule has 0 saturated heterocycles. The first-order chi connectivity index (χ1) is 12.0. The Morgan fingerprint density at radius 2 is 1.68 bits per heavy atom. The number of carbonyl (C=O) groups is 2. The van der Waals surface area contributed by atoms with Crippen molar-refractivity contribution in [3.05, 3.63) is 64.2 Å². The van der Waals surface area contributed by atoms with Gasteiger partial charge in [0.2, 0.25) is 0 Å². The summed E-state index contributed by atoms with van der Waals surface area (Å²) >= 11 is 5.88. The highest BCUT2D eigenvalue weighted by Crippen LogP contribution is 2.23. The van der Waals surface area contributed by atoms with Gasteiger partial charge in [-0.2, -0.15) is 0 Å². The SMILES string of the molecule is CCc1cccc(CC)c1NC(=O)C(C)OC(=O)c1cccc(Cl)c1. The molecule has 2 aromatic carbocycles. The summed E-state index contributed by atoms with van der Waals surface area (Å²) in [4.78, 5) is 24.6. The van der Waals surface area contributed by atoms with Crippen molar-refractivity contribution in [1.29, 1.82) is 0 Å². The van der Waals surface area contributed by atoms with Gasteiger partial charge in [-0.3, -0.25) is 4.79 Å². The highest BCUT2D eigenvalue weighted by molar-refractivity contribution is 6.30. The number of esters is 1. The molecule has 0 spiro atoms. The average Bonchev–Trinajstić information content (AvgIpc) is 2.61. The van der Waals surface area contributed by atoms with Gasteiger partial charge in [-0.25, -0.2) is 4.79 Å². The average molecular weight is 360 g/mol. The number of rotatable bonds is 6. The van der Waals surface area contributed by atoms with E-state index in [-0.39, 0.29) is 5.91 Å². The second-order valence-electron chi connectivity index (χ2n) is 5.71. The van der Waals surface area contributed by atoms with Crippen molar-refractivity contribution in [1.82, 2.24) is 0 Å². The maximum atomic E-state index is 12.5. The first-order valence-electron chi connectivity index (χ1n) is 8.34. The molecule has 1 unspecified atom stereocenters. The summed E-state index contributed by atoms with van der Waals surface area (Å²) in [6.07, 6.45) is 0.696. The Bertz CT molecular complexity index is 751. The van der Waals surface area contributed by atoms with Gasteiger partial charge in [0, 0.05) is 10.7 Å². The van der Waals surface area contributed by atoms with Crippen LogP contribution in [0.15, 0.2) is 42.5 Å². The molecule has 25 heavy (non-hydrogen) atoms. The predicted octanol–water partition coefficient (Wildman–Crippen LogP) is 4.65. The van der Waals surface area contributed by atoms with Crippen molar-refractivity contribution in [2.24, 2.45) is 0 Å². The minimum Gasteiger partial charge on any atom is -0.449 e. The van der Waals surface area contributed by atoms with E-state index in [2.05, 4.69) is 5.32 Å². The molecule has 0 saturated carbocycles. The van der Waals surface area contributed by atoms with Gasteiger partial charge in [-0.15, -0.1) is 0 Å². The lowest BCUT2D eigenvalue weighted by molar-refractivity contribution is -0.123. The molecule has 0 fully saturated rings. The van der Waals surface area contributed by atoms with Gasteiger partial charge >= 0.3 is 5.97 Å². The number of aryl methyl sites for hydroxylation is 2. The molecular weight excluding hydrogens is 338 g/mol. The van der Waals surface area contributed by atoms with Crippen LogP contribution in [0.3, 0.4) is 0 Å². The number of anilines is 1. The molecule has 1 N–H and O–H groups in total. The molecule has 0 bridgehead atoms. The second-order valence-corrected chi connectivity index (χ2v) is 6.14. The Morgan fingerprint density at radius 1 is 1.08 bits per heavy atom. The van der Waals surface area contributed by atoms with Gasteiger partial charge in [0.15, 0.2) is 6.10 Å². The summed E-state index contributed by atoms with van der Waals surface area (Å²) < 4.78 is 5.26. The van der Waals surface area contributed by atoms with Gasteiger partial charge in [-0.1, -0.05) is 49.7 Å². The van der Waals surface area contributed by atoms with E-state index in [1.54, 1.807) is 25.1 Å². The Labute approximate surface area is 153 Å². The van der Waals surface area contributed by atoms with Crippen molar-refractivity contribution in [2.75, 3.05) is 5.32 Å². The van der Waals surface area contributed by atoms with E-state index in [4.69, 9.17) is 16.3 Å². The Morgan fingerprint density at radius 3 is 2.24 bits per heavy atom. The van der Waals surface area contributed by atoms with Crippen LogP contribution in [0.25, 0.3) is 0 Å². The number of amides is 1. The predicted molar refractivity (Wildman–Crippen MR) is 100 cm³/mol. The molecule has 4 nitrogen and oxygen atoms in total. The summed E-state index contributed by atoms with van der Waals surface area (Å²) in [7, 11) is 0. The fourth-order valence-corrected chi connectivity index (χ4v) is 2.72. The normalized spacial score (nSPS) is 11.7. The standard InChI is InChI=1S/C20H22ClNO3/c1-4-14-8-6-9-15(5-2)18(14)22-19(23)13(3)25-20(24)16-10-7-11-17(21)12-16/h6-13H,4-5H2,1-3H3,(H,22,23). The third-order valence-corrected chi connectivity index (χ3v) is 4.20. The van der Waals surface area contributed by atoms with Gasteiger partial charge in [-0.05, 0) is 49.1 Å². The van der Waals surface area contributed by atoms with Crippen LogP contribution in [0.1, 0.15) is 42.3 Å². The van der Waals surface area contributed by atoms with Crippen LogP contribution in [0.4, 0.5) is 5.69 Å².